The number of rotatable bonds is 8. The Morgan fingerprint density at radius 2 is 1.86 bits per heavy atom. The van der Waals surface area contributed by atoms with Crippen molar-refractivity contribution in [2.45, 2.75) is 25.9 Å². The molecule has 2 heterocycles. The zero-order chi connectivity index (χ0) is 24.8. The lowest BCUT2D eigenvalue weighted by Crippen LogP contribution is -2.29. The molecule has 3 aromatic rings. The van der Waals surface area contributed by atoms with Gasteiger partial charge in [-0.15, -0.1) is 0 Å². The van der Waals surface area contributed by atoms with Crippen LogP contribution >= 0.6 is 0 Å². The lowest BCUT2D eigenvalue weighted by Gasteiger charge is -2.19. The van der Waals surface area contributed by atoms with Crippen LogP contribution in [-0.2, 0) is 30.7 Å². The lowest BCUT2D eigenvalue weighted by molar-refractivity contribution is 0.0593. The summed E-state index contributed by atoms with van der Waals surface area (Å²) in [5.74, 6) is 0.0889. The summed E-state index contributed by atoms with van der Waals surface area (Å²) in [5, 5.41) is 0. The van der Waals surface area contributed by atoms with Crippen LogP contribution in [0.3, 0.4) is 0 Å². The molecule has 0 unspecified atom stereocenters. The minimum Gasteiger partial charge on any atom is -0.497 e. The number of esters is 1. The van der Waals surface area contributed by atoms with E-state index in [1.54, 1.807) is 29.9 Å². The van der Waals surface area contributed by atoms with Gasteiger partial charge in [0.05, 0.1) is 20.8 Å². The third-order valence-corrected chi connectivity index (χ3v) is 6.20. The summed E-state index contributed by atoms with van der Waals surface area (Å²) in [6.07, 6.45) is 0.786. The largest absolute Gasteiger partial charge is 0.497 e. The van der Waals surface area contributed by atoms with E-state index in [2.05, 4.69) is 4.90 Å². The van der Waals surface area contributed by atoms with Crippen molar-refractivity contribution in [3.8, 4) is 11.5 Å². The minimum atomic E-state index is -0.559. The lowest BCUT2D eigenvalue weighted by atomic mass is 10.1. The van der Waals surface area contributed by atoms with E-state index in [1.165, 1.54) is 19.2 Å². The number of fused-ring (bicyclic) bond motifs is 1. The maximum Gasteiger partial charge on any atom is 0.343 e. The first-order chi connectivity index (χ1) is 17.0. The number of carbonyl (C=O) groups excluding carboxylic acids is 1. The normalized spacial score (nSPS) is 13.6. The number of methoxy groups -OCH3 is 2. The van der Waals surface area contributed by atoms with Crippen LogP contribution in [0.25, 0.3) is 0 Å². The number of carbonyl (C=O) groups is 1. The van der Waals surface area contributed by atoms with Crippen LogP contribution in [0.2, 0.25) is 0 Å². The van der Waals surface area contributed by atoms with Gasteiger partial charge in [-0.3, -0.25) is 9.69 Å². The predicted octanol–water partition coefficient (Wildman–Crippen LogP) is 3.46. The van der Waals surface area contributed by atoms with Crippen LogP contribution < -0.4 is 15.0 Å². The van der Waals surface area contributed by atoms with Crippen LogP contribution in [0.1, 0.15) is 27.2 Å². The summed E-state index contributed by atoms with van der Waals surface area (Å²) in [7, 11) is 2.94. The summed E-state index contributed by atoms with van der Waals surface area (Å²) < 4.78 is 31.8. The summed E-state index contributed by atoms with van der Waals surface area (Å²) in [6, 6.07) is 15.7. The molecule has 0 saturated carbocycles. The molecular weight excluding hydrogens is 451 g/mol. The van der Waals surface area contributed by atoms with Crippen molar-refractivity contribution in [3.63, 3.8) is 0 Å². The Morgan fingerprint density at radius 1 is 1.03 bits per heavy atom. The average molecular weight is 481 g/mol. The monoisotopic (exact) mass is 480 g/mol. The second-order valence-corrected chi connectivity index (χ2v) is 8.38. The maximum absolute atomic E-state index is 14.0. The van der Waals surface area contributed by atoms with Crippen molar-refractivity contribution in [2.75, 3.05) is 33.9 Å². The molecule has 0 aliphatic carbocycles. The molecule has 0 fully saturated rings. The SMILES string of the molecule is COC(=O)c1c(OCCc2ccccc2F)cc(=O)n2c1CCN(Cc1cccc(OC)c1)CC2. The smallest absolute Gasteiger partial charge is 0.343 e. The number of ether oxygens (including phenoxy) is 3. The molecule has 8 heteroatoms. The van der Waals surface area contributed by atoms with E-state index in [0.29, 0.717) is 50.3 Å². The molecule has 1 aliphatic heterocycles. The number of aromatic nitrogens is 1. The average Bonchev–Trinajstić information content (AvgIpc) is 3.08. The number of nitrogens with zero attached hydrogens (tertiary/aromatic N) is 2. The van der Waals surface area contributed by atoms with Crippen molar-refractivity contribution < 1.29 is 23.4 Å². The zero-order valence-electron chi connectivity index (χ0n) is 20.0. The zero-order valence-corrected chi connectivity index (χ0v) is 20.0. The van der Waals surface area contributed by atoms with Crippen LogP contribution in [-0.4, -0.2) is 49.4 Å². The van der Waals surface area contributed by atoms with Gasteiger partial charge in [0.25, 0.3) is 5.56 Å². The van der Waals surface area contributed by atoms with E-state index in [4.69, 9.17) is 14.2 Å². The third kappa shape index (κ3) is 5.71. The summed E-state index contributed by atoms with van der Waals surface area (Å²) in [6.45, 7) is 2.56. The summed E-state index contributed by atoms with van der Waals surface area (Å²) in [5.41, 5.74) is 2.22. The number of benzene rings is 2. The molecule has 0 atom stereocenters. The minimum absolute atomic E-state index is 0.121. The first kappa shape index (κ1) is 24.5. The molecule has 7 nitrogen and oxygen atoms in total. The molecule has 0 bridgehead atoms. The van der Waals surface area contributed by atoms with Crippen molar-refractivity contribution in [2.24, 2.45) is 0 Å². The molecule has 0 amide bonds. The van der Waals surface area contributed by atoms with Gasteiger partial charge in [-0.1, -0.05) is 30.3 Å². The van der Waals surface area contributed by atoms with Crippen molar-refractivity contribution in [1.82, 2.24) is 9.47 Å². The molecule has 0 N–H and O–H groups in total. The van der Waals surface area contributed by atoms with Crippen molar-refractivity contribution in [1.29, 1.82) is 0 Å². The molecule has 1 aromatic heterocycles. The number of pyridine rings is 1. The topological polar surface area (TPSA) is 70.0 Å². The molecular formula is C27H29FN2O5. The second-order valence-electron chi connectivity index (χ2n) is 8.38. The van der Waals surface area contributed by atoms with E-state index in [1.807, 2.05) is 24.3 Å². The van der Waals surface area contributed by atoms with Gasteiger partial charge >= 0.3 is 5.97 Å². The Kier molecular flexibility index (Phi) is 7.82. The summed E-state index contributed by atoms with van der Waals surface area (Å²) in [4.78, 5) is 28.0. The van der Waals surface area contributed by atoms with E-state index in [9.17, 15) is 14.0 Å². The molecule has 184 valence electrons. The van der Waals surface area contributed by atoms with E-state index < -0.39 is 5.97 Å². The van der Waals surface area contributed by atoms with Crippen LogP contribution in [0.4, 0.5) is 4.39 Å². The van der Waals surface area contributed by atoms with Crippen molar-refractivity contribution >= 4 is 5.97 Å². The van der Waals surface area contributed by atoms with Gasteiger partial charge in [0.15, 0.2) is 0 Å². The number of hydrogen-bond acceptors (Lipinski definition) is 6. The van der Waals surface area contributed by atoms with Gasteiger partial charge in [0.1, 0.15) is 22.9 Å². The van der Waals surface area contributed by atoms with Gasteiger partial charge in [0, 0.05) is 50.8 Å². The fraction of sp³-hybridized carbons (Fsp3) is 0.333. The highest BCUT2D eigenvalue weighted by Crippen LogP contribution is 2.25. The molecule has 35 heavy (non-hydrogen) atoms. The predicted molar refractivity (Wildman–Crippen MR) is 130 cm³/mol. The van der Waals surface area contributed by atoms with Gasteiger partial charge in [0.2, 0.25) is 0 Å². The maximum atomic E-state index is 14.0. The fourth-order valence-electron chi connectivity index (χ4n) is 4.39. The standard InChI is InChI=1S/C27H29FN2O5/c1-33-21-8-5-6-19(16-21)18-29-12-10-23-26(27(32)34-2)24(17-25(31)30(23)14-13-29)35-15-11-20-7-3-4-9-22(20)28/h3-9,16-17H,10-15,18H2,1-2H3. The molecule has 2 aromatic carbocycles. The number of halogens is 1. The third-order valence-electron chi connectivity index (χ3n) is 6.20. The second kappa shape index (κ2) is 11.2. The van der Waals surface area contributed by atoms with Gasteiger partial charge in [-0.05, 0) is 29.3 Å². The van der Waals surface area contributed by atoms with E-state index >= 15 is 0 Å². The highest BCUT2D eigenvalue weighted by Gasteiger charge is 2.26. The quantitative estimate of drug-likeness (QED) is 0.460. The fourth-order valence-corrected chi connectivity index (χ4v) is 4.39. The Morgan fingerprint density at radius 3 is 2.63 bits per heavy atom. The summed E-state index contributed by atoms with van der Waals surface area (Å²) >= 11 is 0. The number of hydrogen-bond donors (Lipinski definition) is 0. The first-order valence-electron chi connectivity index (χ1n) is 11.6. The van der Waals surface area contributed by atoms with Crippen molar-refractivity contribution in [3.05, 3.63) is 93.2 Å². The highest BCUT2D eigenvalue weighted by atomic mass is 19.1. The molecule has 0 saturated heterocycles. The van der Waals surface area contributed by atoms with Gasteiger partial charge in [-0.25, -0.2) is 9.18 Å². The van der Waals surface area contributed by atoms with Crippen LogP contribution in [0.15, 0.2) is 59.4 Å². The Hall–Kier alpha value is -3.65. The van der Waals surface area contributed by atoms with E-state index in [0.717, 1.165) is 11.3 Å². The van der Waals surface area contributed by atoms with Gasteiger partial charge in [-0.2, -0.15) is 0 Å². The highest BCUT2D eigenvalue weighted by molar-refractivity contribution is 5.93. The van der Waals surface area contributed by atoms with E-state index in [-0.39, 0.29) is 29.3 Å². The van der Waals surface area contributed by atoms with Crippen LogP contribution in [0, 0.1) is 5.82 Å². The molecule has 1 aliphatic rings. The Bertz CT molecular complexity index is 1260. The first-order valence-corrected chi connectivity index (χ1v) is 11.6. The Labute approximate surface area is 203 Å². The molecule has 0 radical (unpaired) electrons. The Balaban J connectivity index is 1.55. The molecule has 0 spiro atoms. The molecule has 4 rings (SSSR count). The van der Waals surface area contributed by atoms with Crippen LogP contribution in [0.5, 0.6) is 11.5 Å². The van der Waals surface area contributed by atoms with Gasteiger partial charge < -0.3 is 18.8 Å².